The van der Waals surface area contributed by atoms with Gasteiger partial charge in [-0.25, -0.2) is 4.39 Å². The van der Waals surface area contributed by atoms with Crippen molar-refractivity contribution in [3.63, 3.8) is 0 Å². The lowest BCUT2D eigenvalue weighted by Crippen LogP contribution is -2.12. The van der Waals surface area contributed by atoms with E-state index in [-0.39, 0.29) is 16.0 Å². The number of pyridine rings is 1. The smallest absolute Gasteiger partial charge is 0.192 e. The van der Waals surface area contributed by atoms with E-state index in [1.807, 2.05) is 6.92 Å². The molecule has 0 aliphatic rings. The van der Waals surface area contributed by atoms with Crippen LogP contribution >= 0.6 is 11.6 Å². The number of fused-ring (bicyclic) bond motifs is 1. The predicted molar refractivity (Wildman–Crippen MR) is 63.7 cm³/mol. The maximum Gasteiger partial charge on any atom is 0.192 e. The number of rotatable bonds is 1. The van der Waals surface area contributed by atoms with Gasteiger partial charge in [-0.15, -0.1) is 0 Å². The zero-order valence-corrected chi connectivity index (χ0v) is 9.78. The lowest BCUT2D eigenvalue weighted by Gasteiger charge is -2.07. The van der Waals surface area contributed by atoms with Crippen LogP contribution in [0.5, 0.6) is 0 Å². The molecule has 2 rings (SSSR count). The summed E-state index contributed by atoms with van der Waals surface area (Å²) in [6.45, 7) is 3.65. The third-order valence-corrected chi connectivity index (χ3v) is 3.05. The monoisotopic (exact) mass is 239 g/mol. The SMILES string of the molecule is CCc1[nH]c2c(F)c(Cl)ccc2c(=O)c1C. The molecule has 0 unspecified atom stereocenters. The summed E-state index contributed by atoms with van der Waals surface area (Å²) in [7, 11) is 0. The molecule has 16 heavy (non-hydrogen) atoms. The molecule has 0 radical (unpaired) electrons. The van der Waals surface area contributed by atoms with Crippen LogP contribution in [0.3, 0.4) is 0 Å². The molecule has 0 aliphatic heterocycles. The molecule has 1 aromatic carbocycles. The van der Waals surface area contributed by atoms with Gasteiger partial charge in [0.1, 0.15) is 0 Å². The summed E-state index contributed by atoms with van der Waals surface area (Å²) in [5.74, 6) is -0.564. The number of nitrogens with one attached hydrogen (secondary N) is 1. The number of halogens is 2. The first-order chi connectivity index (χ1) is 7.56. The molecule has 0 spiro atoms. The van der Waals surface area contributed by atoms with Crippen LogP contribution in [0.25, 0.3) is 10.9 Å². The Labute approximate surface area is 97.1 Å². The van der Waals surface area contributed by atoms with Crippen molar-refractivity contribution < 1.29 is 4.39 Å². The highest BCUT2D eigenvalue weighted by molar-refractivity contribution is 6.31. The van der Waals surface area contributed by atoms with Crippen molar-refractivity contribution in [3.8, 4) is 0 Å². The Morgan fingerprint density at radius 2 is 2.12 bits per heavy atom. The number of aromatic nitrogens is 1. The number of hydrogen-bond donors (Lipinski definition) is 1. The highest BCUT2D eigenvalue weighted by atomic mass is 35.5. The van der Waals surface area contributed by atoms with Gasteiger partial charge in [0.25, 0.3) is 0 Å². The van der Waals surface area contributed by atoms with Crippen LogP contribution in [0.1, 0.15) is 18.2 Å². The van der Waals surface area contributed by atoms with Crippen molar-refractivity contribution >= 4 is 22.5 Å². The molecule has 84 valence electrons. The van der Waals surface area contributed by atoms with Gasteiger partial charge in [0.05, 0.1) is 10.5 Å². The summed E-state index contributed by atoms with van der Waals surface area (Å²) in [5.41, 5.74) is 1.44. The third kappa shape index (κ3) is 1.52. The molecule has 4 heteroatoms. The van der Waals surface area contributed by atoms with E-state index in [0.717, 1.165) is 5.69 Å². The van der Waals surface area contributed by atoms with Gasteiger partial charge < -0.3 is 4.98 Å². The summed E-state index contributed by atoms with van der Waals surface area (Å²) in [6.07, 6.45) is 0.656. The van der Waals surface area contributed by atoms with Crippen LogP contribution in [0.2, 0.25) is 5.02 Å². The summed E-state index contributed by atoms with van der Waals surface area (Å²) in [4.78, 5) is 14.9. The van der Waals surface area contributed by atoms with Gasteiger partial charge in [-0.2, -0.15) is 0 Å². The first kappa shape index (κ1) is 11.1. The molecule has 1 heterocycles. The van der Waals surface area contributed by atoms with E-state index in [4.69, 9.17) is 11.6 Å². The normalized spacial score (nSPS) is 11.0. The van der Waals surface area contributed by atoms with E-state index in [9.17, 15) is 9.18 Å². The molecule has 0 aliphatic carbocycles. The van der Waals surface area contributed by atoms with E-state index in [1.54, 1.807) is 13.0 Å². The molecule has 2 nitrogen and oxygen atoms in total. The minimum atomic E-state index is -0.564. The van der Waals surface area contributed by atoms with E-state index < -0.39 is 5.82 Å². The Hall–Kier alpha value is -1.35. The highest BCUT2D eigenvalue weighted by Crippen LogP contribution is 2.22. The molecule has 0 saturated carbocycles. The Bertz CT molecular complexity index is 618. The summed E-state index contributed by atoms with van der Waals surface area (Å²) in [6, 6.07) is 2.95. The average molecular weight is 240 g/mol. The quantitative estimate of drug-likeness (QED) is 0.815. The van der Waals surface area contributed by atoms with Crippen molar-refractivity contribution in [2.75, 3.05) is 0 Å². The van der Waals surface area contributed by atoms with Crippen LogP contribution in [0.15, 0.2) is 16.9 Å². The Morgan fingerprint density at radius 3 is 2.75 bits per heavy atom. The fraction of sp³-hybridized carbons (Fsp3) is 0.250. The van der Waals surface area contributed by atoms with Crippen LogP contribution in [-0.2, 0) is 6.42 Å². The minimum Gasteiger partial charge on any atom is -0.356 e. The lowest BCUT2D eigenvalue weighted by atomic mass is 10.1. The first-order valence-electron chi connectivity index (χ1n) is 5.05. The van der Waals surface area contributed by atoms with Crippen molar-refractivity contribution in [1.29, 1.82) is 0 Å². The molecule has 1 aromatic heterocycles. The van der Waals surface area contributed by atoms with E-state index >= 15 is 0 Å². The van der Waals surface area contributed by atoms with Gasteiger partial charge in [-0.05, 0) is 25.5 Å². The van der Waals surface area contributed by atoms with Crippen LogP contribution in [-0.4, -0.2) is 4.98 Å². The molecule has 0 amide bonds. The molecule has 0 bridgehead atoms. The van der Waals surface area contributed by atoms with Crippen molar-refractivity contribution in [2.24, 2.45) is 0 Å². The van der Waals surface area contributed by atoms with Crippen molar-refractivity contribution in [1.82, 2.24) is 4.98 Å². The molecule has 0 saturated heterocycles. The van der Waals surface area contributed by atoms with E-state index in [0.29, 0.717) is 17.4 Å². The maximum atomic E-state index is 13.7. The van der Waals surface area contributed by atoms with Gasteiger partial charge in [-0.1, -0.05) is 18.5 Å². The van der Waals surface area contributed by atoms with E-state index in [1.165, 1.54) is 6.07 Å². The van der Waals surface area contributed by atoms with Crippen molar-refractivity contribution in [3.05, 3.63) is 44.5 Å². The molecule has 0 fully saturated rings. The largest absolute Gasteiger partial charge is 0.356 e. The molecule has 2 aromatic rings. The number of aryl methyl sites for hydroxylation is 1. The minimum absolute atomic E-state index is 0.0223. The second-order valence-corrected chi connectivity index (χ2v) is 4.10. The van der Waals surface area contributed by atoms with Gasteiger partial charge in [-0.3, -0.25) is 4.79 Å². The molecule has 0 atom stereocenters. The van der Waals surface area contributed by atoms with Gasteiger partial charge in [0.2, 0.25) is 0 Å². The second-order valence-electron chi connectivity index (χ2n) is 3.70. The number of aromatic amines is 1. The van der Waals surface area contributed by atoms with Gasteiger partial charge in [0, 0.05) is 16.6 Å². The Balaban J connectivity index is 2.99. The topological polar surface area (TPSA) is 32.9 Å². The molecule has 1 N–H and O–H groups in total. The average Bonchev–Trinajstić information content (AvgIpc) is 2.28. The fourth-order valence-electron chi connectivity index (χ4n) is 1.80. The van der Waals surface area contributed by atoms with Crippen molar-refractivity contribution in [2.45, 2.75) is 20.3 Å². The predicted octanol–water partition coefficient (Wildman–Crippen LogP) is 3.19. The lowest BCUT2D eigenvalue weighted by molar-refractivity contribution is 0.636. The summed E-state index contributed by atoms with van der Waals surface area (Å²) >= 11 is 5.68. The zero-order chi connectivity index (χ0) is 11.9. The summed E-state index contributed by atoms with van der Waals surface area (Å²) in [5, 5.41) is 0.366. The first-order valence-corrected chi connectivity index (χ1v) is 5.43. The van der Waals surface area contributed by atoms with E-state index in [2.05, 4.69) is 4.98 Å². The van der Waals surface area contributed by atoms with Crippen LogP contribution in [0.4, 0.5) is 4.39 Å². The van der Waals surface area contributed by atoms with Crippen LogP contribution < -0.4 is 5.43 Å². The standard InChI is InChI=1S/C12H11ClFNO/c1-3-9-6(2)12(16)7-4-5-8(13)10(14)11(7)15-9/h4-5H,3H2,1-2H3,(H,15,16). The molecular formula is C12H11ClFNO. The number of hydrogen-bond acceptors (Lipinski definition) is 1. The fourth-order valence-corrected chi connectivity index (χ4v) is 1.96. The maximum absolute atomic E-state index is 13.7. The number of H-pyrrole nitrogens is 1. The van der Waals surface area contributed by atoms with Gasteiger partial charge >= 0.3 is 0 Å². The van der Waals surface area contributed by atoms with Crippen LogP contribution in [0, 0.1) is 12.7 Å². The Morgan fingerprint density at radius 1 is 1.44 bits per heavy atom. The Kier molecular flexibility index (Phi) is 2.72. The third-order valence-electron chi connectivity index (χ3n) is 2.76. The number of benzene rings is 1. The second kappa shape index (κ2) is 3.91. The molecular weight excluding hydrogens is 229 g/mol. The highest BCUT2D eigenvalue weighted by Gasteiger charge is 2.12. The van der Waals surface area contributed by atoms with Gasteiger partial charge in [0.15, 0.2) is 11.2 Å². The zero-order valence-electron chi connectivity index (χ0n) is 9.03. The summed E-state index contributed by atoms with van der Waals surface area (Å²) < 4.78 is 13.7.